The van der Waals surface area contributed by atoms with Gasteiger partial charge < -0.3 is 10.1 Å². The Bertz CT molecular complexity index is 634. The van der Waals surface area contributed by atoms with Crippen molar-refractivity contribution < 1.29 is 13.5 Å². The van der Waals surface area contributed by atoms with Crippen molar-refractivity contribution in [1.29, 1.82) is 0 Å². The van der Waals surface area contributed by atoms with Gasteiger partial charge in [0.15, 0.2) is 0 Å². The first kappa shape index (κ1) is 15.9. The van der Waals surface area contributed by atoms with Gasteiger partial charge in [-0.15, -0.1) is 0 Å². The Morgan fingerprint density at radius 1 is 1.19 bits per heavy atom. The molecular formula is C16H16BrF2NO. The van der Waals surface area contributed by atoms with Crippen LogP contribution in [0.5, 0.6) is 5.75 Å². The highest BCUT2D eigenvalue weighted by Gasteiger charge is 2.15. The predicted molar refractivity (Wildman–Crippen MR) is 82.3 cm³/mol. The van der Waals surface area contributed by atoms with Gasteiger partial charge in [0.1, 0.15) is 24.0 Å². The Kier molecular flexibility index (Phi) is 5.31. The van der Waals surface area contributed by atoms with Gasteiger partial charge in [-0.05, 0) is 48.1 Å². The smallest absolute Gasteiger partial charge is 0.146 e. The Morgan fingerprint density at radius 2 is 1.90 bits per heavy atom. The summed E-state index contributed by atoms with van der Waals surface area (Å²) >= 11 is 3.05. The summed E-state index contributed by atoms with van der Waals surface area (Å²) in [5.74, 6) is -0.637. The van der Waals surface area contributed by atoms with E-state index < -0.39 is 11.6 Å². The highest BCUT2D eigenvalue weighted by Crippen LogP contribution is 2.27. The molecule has 0 heterocycles. The monoisotopic (exact) mass is 355 g/mol. The minimum Gasteiger partial charge on any atom is -0.488 e. The van der Waals surface area contributed by atoms with E-state index in [9.17, 15) is 8.78 Å². The first-order valence-electron chi connectivity index (χ1n) is 6.56. The van der Waals surface area contributed by atoms with Crippen molar-refractivity contribution in [2.75, 3.05) is 7.05 Å². The number of ether oxygens (including phenoxy) is 1. The number of hydrogen-bond donors (Lipinski definition) is 1. The Hall–Kier alpha value is -1.46. The third-order valence-electron chi connectivity index (χ3n) is 3.33. The Balaban J connectivity index is 2.23. The summed E-state index contributed by atoms with van der Waals surface area (Å²) in [4.78, 5) is 0. The molecule has 112 valence electrons. The number of para-hydroxylation sites is 1. The molecule has 5 heteroatoms. The topological polar surface area (TPSA) is 21.3 Å². The number of benzene rings is 2. The van der Waals surface area contributed by atoms with Crippen LogP contribution in [-0.2, 0) is 6.61 Å². The highest BCUT2D eigenvalue weighted by atomic mass is 79.9. The zero-order valence-corrected chi connectivity index (χ0v) is 13.4. The van der Waals surface area contributed by atoms with Crippen LogP contribution < -0.4 is 10.1 Å². The minimum absolute atomic E-state index is 0.0819. The van der Waals surface area contributed by atoms with Crippen molar-refractivity contribution in [3.05, 3.63) is 63.6 Å². The van der Waals surface area contributed by atoms with Gasteiger partial charge in [0.05, 0.1) is 10.0 Å². The summed E-state index contributed by atoms with van der Waals surface area (Å²) in [7, 11) is 1.84. The van der Waals surface area contributed by atoms with E-state index in [0.717, 1.165) is 5.56 Å². The molecule has 0 saturated carbocycles. The summed E-state index contributed by atoms with van der Waals surface area (Å²) in [6.45, 7) is 1.83. The fraction of sp³-hybridized carbons (Fsp3) is 0.250. The molecule has 0 saturated heterocycles. The molecule has 0 aliphatic rings. The minimum atomic E-state index is -0.630. The lowest BCUT2D eigenvalue weighted by atomic mass is 10.1. The molecule has 0 bridgehead atoms. The summed E-state index contributed by atoms with van der Waals surface area (Å²) in [6.07, 6.45) is 0. The maximum absolute atomic E-state index is 13.9. The van der Waals surface area contributed by atoms with Crippen LogP contribution in [0.3, 0.4) is 0 Å². The van der Waals surface area contributed by atoms with E-state index in [1.54, 1.807) is 6.07 Å². The zero-order chi connectivity index (χ0) is 15.4. The lowest BCUT2D eigenvalue weighted by Gasteiger charge is -2.17. The van der Waals surface area contributed by atoms with Crippen molar-refractivity contribution in [3.8, 4) is 5.75 Å². The predicted octanol–water partition coefficient (Wildman–Crippen LogP) is 4.59. The SMILES string of the molecule is CNC(C)c1ccccc1OCc1c(F)ccc(Br)c1F. The molecule has 2 aromatic carbocycles. The van der Waals surface area contributed by atoms with Crippen molar-refractivity contribution in [1.82, 2.24) is 5.32 Å². The van der Waals surface area contributed by atoms with Crippen molar-refractivity contribution in [2.24, 2.45) is 0 Å². The van der Waals surface area contributed by atoms with Crippen molar-refractivity contribution in [2.45, 2.75) is 19.6 Å². The number of rotatable bonds is 5. The van der Waals surface area contributed by atoms with E-state index in [-0.39, 0.29) is 22.7 Å². The lowest BCUT2D eigenvalue weighted by molar-refractivity contribution is 0.287. The second-order valence-corrected chi connectivity index (χ2v) is 5.51. The molecule has 2 nitrogen and oxygen atoms in total. The lowest BCUT2D eigenvalue weighted by Crippen LogP contribution is -2.14. The maximum Gasteiger partial charge on any atom is 0.146 e. The normalized spacial score (nSPS) is 12.2. The van der Waals surface area contributed by atoms with Crippen molar-refractivity contribution in [3.63, 3.8) is 0 Å². The third kappa shape index (κ3) is 3.60. The highest BCUT2D eigenvalue weighted by molar-refractivity contribution is 9.10. The average Bonchev–Trinajstić information content (AvgIpc) is 2.50. The van der Waals surface area contributed by atoms with Crippen LogP contribution in [0.2, 0.25) is 0 Å². The van der Waals surface area contributed by atoms with Gasteiger partial charge in [0, 0.05) is 11.6 Å². The number of halogens is 3. The van der Waals surface area contributed by atoms with E-state index in [4.69, 9.17) is 4.74 Å². The fourth-order valence-corrected chi connectivity index (χ4v) is 2.35. The maximum atomic E-state index is 13.9. The van der Waals surface area contributed by atoms with Crippen LogP contribution in [0.4, 0.5) is 8.78 Å². The summed E-state index contributed by atoms with van der Waals surface area (Å²) in [5.41, 5.74) is 0.854. The largest absolute Gasteiger partial charge is 0.488 e. The van der Waals surface area contributed by atoms with Crippen LogP contribution in [0, 0.1) is 11.6 Å². The second kappa shape index (κ2) is 7.00. The van der Waals surface area contributed by atoms with Gasteiger partial charge in [-0.2, -0.15) is 0 Å². The molecule has 1 N–H and O–H groups in total. The summed E-state index contributed by atoms with van der Waals surface area (Å²) in [6, 6.07) is 10.1. The third-order valence-corrected chi connectivity index (χ3v) is 3.94. The molecule has 0 aromatic heterocycles. The van der Waals surface area contributed by atoms with E-state index in [1.807, 2.05) is 32.2 Å². The standard InChI is InChI=1S/C16H16BrF2NO/c1-10(20-2)11-5-3-4-6-15(11)21-9-12-14(18)8-7-13(17)16(12)19/h3-8,10,20H,9H2,1-2H3. The van der Waals surface area contributed by atoms with E-state index in [2.05, 4.69) is 21.2 Å². The molecule has 1 unspecified atom stereocenters. The zero-order valence-electron chi connectivity index (χ0n) is 11.8. The van der Waals surface area contributed by atoms with E-state index >= 15 is 0 Å². The Morgan fingerprint density at radius 3 is 2.62 bits per heavy atom. The van der Waals surface area contributed by atoms with Gasteiger partial charge in [0.2, 0.25) is 0 Å². The first-order valence-corrected chi connectivity index (χ1v) is 7.35. The quantitative estimate of drug-likeness (QED) is 0.792. The second-order valence-electron chi connectivity index (χ2n) is 4.66. The molecule has 0 aliphatic carbocycles. The molecule has 2 rings (SSSR count). The van der Waals surface area contributed by atoms with E-state index in [1.165, 1.54) is 12.1 Å². The van der Waals surface area contributed by atoms with E-state index in [0.29, 0.717) is 5.75 Å². The van der Waals surface area contributed by atoms with Crippen LogP contribution in [-0.4, -0.2) is 7.05 Å². The van der Waals surface area contributed by atoms with Gasteiger partial charge in [0.25, 0.3) is 0 Å². The summed E-state index contributed by atoms with van der Waals surface area (Å²) in [5, 5.41) is 3.12. The average molecular weight is 356 g/mol. The van der Waals surface area contributed by atoms with Crippen LogP contribution in [0.25, 0.3) is 0 Å². The molecule has 21 heavy (non-hydrogen) atoms. The fourth-order valence-electron chi connectivity index (χ4n) is 1.98. The van der Waals surface area contributed by atoms with Gasteiger partial charge >= 0.3 is 0 Å². The van der Waals surface area contributed by atoms with Crippen LogP contribution in [0.15, 0.2) is 40.9 Å². The van der Waals surface area contributed by atoms with Gasteiger partial charge in [-0.25, -0.2) is 8.78 Å². The van der Waals surface area contributed by atoms with Gasteiger partial charge in [-0.3, -0.25) is 0 Å². The first-order chi connectivity index (χ1) is 10.0. The Labute approximate surface area is 131 Å². The molecule has 0 fully saturated rings. The summed E-state index contributed by atoms with van der Waals surface area (Å²) < 4.78 is 33.5. The molecular weight excluding hydrogens is 340 g/mol. The molecule has 0 spiro atoms. The molecule has 2 aromatic rings. The number of hydrogen-bond acceptors (Lipinski definition) is 2. The van der Waals surface area contributed by atoms with Crippen molar-refractivity contribution >= 4 is 15.9 Å². The molecule has 0 amide bonds. The van der Waals surface area contributed by atoms with Crippen LogP contribution in [0.1, 0.15) is 24.1 Å². The molecule has 0 aliphatic heterocycles. The molecule has 0 radical (unpaired) electrons. The van der Waals surface area contributed by atoms with Crippen LogP contribution >= 0.6 is 15.9 Å². The van der Waals surface area contributed by atoms with Gasteiger partial charge in [-0.1, -0.05) is 18.2 Å². The number of nitrogens with one attached hydrogen (secondary N) is 1. The molecule has 1 atom stereocenters.